The molecule has 1 saturated heterocycles. The van der Waals surface area contributed by atoms with Crippen molar-refractivity contribution in [1.29, 1.82) is 0 Å². The van der Waals surface area contributed by atoms with Gasteiger partial charge in [0, 0.05) is 30.8 Å². The van der Waals surface area contributed by atoms with Crippen molar-refractivity contribution >= 4 is 47.2 Å². The number of β-lactam (4-membered cyclic amide) rings is 1. The van der Waals surface area contributed by atoms with Gasteiger partial charge < -0.3 is 20.5 Å². The monoisotopic (exact) mass is 596 g/mol. The summed E-state index contributed by atoms with van der Waals surface area (Å²) in [6.45, 7) is -0.375. The topological polar surface area (TPSA) is 182 Å². The second kappa shape index (κ2) is 12.4. The van der Waals surface area contributed by atoms with Crippen LogP contribution in [0.1, 0.15) is 11.6 Å². The third kappa shape index (κ3) is 6.17. The second-order valence-corrected chi connectivity index (χ2v) is 10.9. The Hall–Kier alpha value is -4.44. The molecule has 1 aromatic carbocycles. The second-order valence-electron chi connectivity index (χ2n) is 8.89. The van der Waals surface area contributed by atoms with Gasteiger partial charge in [0.2, 0.25) is 16.9 Å². The molecule has 0 aliphatic carbocycles. The highest BCUT2D eigenvalue weighted by molar-refractivity contribution is 8.01. The van der Waals surface area contributed by atoms with Gasteiger partial charge in [0.15, 0.2) is 6.61 Å². The fourth-order valence-electron chi connectivity index (χ4n) is 4.25. The van der Waals surface area contributed by atoms with E-state index in [2.05, 4.69) is 31.1 Å². The van der Waals surface area contributed by atoms with E-state index in [0.29, 0.717) is 22.0 Å². The number of pyridine rings is 1. The van der Waals surface area contributed by atoms with Crippen LogP contribution in [-0.4, -0.2) is 88.4 Å². The van der Waals surface area contributed by atoms with E-state index in [-0.39, 0.29) is 23.9 Å². The fourth-order valence-corrected chi connectivity index (χ4v) is 6.58. The summed E-state index contributed by atoms with van der Waals surface area (Å²) in [6.07, 6.45) is 1.53. The molecule has 2 aromatic heterocycles. The molecule has 16 heteroatoms. The summed E-state index contributed by atoms with van der Waals surface area (Å²) in [6, 6.07) is 11.5. The number of tetrazole rings is 1. The summed E-state index contributed by atoms with van der Waals surface area (Å²) in [5.41, 5.74) is 0.943. The minimum atomic E-state index is -1.23. The van der Waals surface area contributed by atoms with Crippen molar-refractivity contribution < 1.29 is 29.0 Å². The minimum absolute atomic E-state index is 0.105. The zero-order valence-electron chi connectivity index (χ0n) is 21.5. The molecule has 3 N–H and O–H groups in total. The van der Waals surface area contributed by atoms with Gasteiger partial charge in [-0.15, -0.1) is 16.9 Å². The van der Waals surface area contributed by atoms with E-state index in [1.54, 1.807) is 55.6 Å². The molecule has 1 fully saturated rings. The van der Waals surface area contributed by atoms with Gasteiger partial charge >= 0.3 is 5.97 Å². The summed E-state index contributed by atoms with van der Waals surface area (Å²) < 4.78 is 6.86. The zero-order valence-corrected chi connectivity index (χ0v) is 23.2. The van der Waals surface area contributed by atoms with E-state index >= 15 is 0 Å². The van der Waals surface area contributed by atoms with Crippen LogP contribution in [0.3, 0.4) is 0 Å². The largest absolute Gasteiger partial charge is 0.477 e. The molecular formula is C25H24N8O6S2. The highest BCUT2D eigenvalue weighted by Gasteiger charge is 2.54. The van der Waals surface area contributed by atoms with Crippen LogP contribution in [0, 0.1) is 0 Å². The number of aromatic nitrogens is 5. The van der Waals surface area contributed by atoms with Crippen molar-refractivity contribution in [3.05, 3.63) is 71.6 Å². The van der Waals surface area contributed by atoms with Gasteiger partial charge in [-0.2, -0.15) is 0 Å². The van der Waals surface area contributed by atoms with Gasteiger partial charge in [-0.25, -0.2) is 14.5 Å². The lowest BCUT2D eigenvalue weighted by Gasteiger charge is -2.49. The summed E-state index contributed by atoms with van der Waals surface area (Å²) in [7, 11) is 1.67. The molecule has 212 valence electrons. The van der Waals surface area contributed by atoms with Crippen molar-refractivity contribution in [3.63, 3.8) is 0 Å². The van der Waals surface area contributed by atoms with Crippen molar-refractivity contribution in [2.45, 2.75) is 22.6 Å². The molecule has 4 heterocycles. The SMILES string of the molecule is Cn1nnnc1SCC1=C(C(=O)O)N2C(=O)C(NC(=O)C(NC(=O)COc3ccccn3)c3ccccc3)[C@@H]2SC1. The van der Waals surface area contributed by atoms with Gasteiger partial charge in [-0.1, -0.05) is 48.2 Å². The van der Waals surface area contributed by atoms with Crippen LogP contribution in [0.4, 0.5) is 0 Å². The first kappa shape index (κ1) is 28.1. The molecule has 0 spiro atoms. The Morgan fingerprint density at radius 2 is 1.98 bits per heavy atom. The predicted molar refractivity (Wildman–Crippen MR) is 146 cm³/mol. The quantitative estimate of drug-likeness (QED) is 0.205. The Kier molecular flexibility index (Phi) is 8.49. The Bertz CT molecular complexity index is 1490. The maximum Gasteiger partial charge on any atom is 0.352 e. The minimum Gasteiger partial charge on any atom is -0.477 e. The van der Waals surface area contributed by atoms with Crippen molar-refractivity contribution in [1.82, 2.24) is 40.7 Å². The molecule has 3 amide bonds. The number of aryl methyl sites for hydroxylation is 1. The van der Waals surface area contributed by atoms with Crippen LogP contribution in [0.25, 0.3) is 0 Å². The number of fused-ring (bicyclic) bond motifs is 1. The van der Waals surface area contributed by atoms with Gasteiger partial charge in [0.1, 0.15) is 23.2 Å². The van der Waals surface area contributed by atoms with Crippen LogP contribution in [0.5, 0.6) is 5.88 Å². The predicted octanol–water partition coefficient (Wildman–Crippen LogP) is 0.372. The number of carbonyl (C=O) groups is 4. The Balaban J connectivity index is 1.26. The smallest absolute Gasteiger partial charge is 0.352 e. The number of rotatable bonds is 11. The molecule has 0 bridgehead atoms. The van der Waals surface area contributed by atoms with Crippen LogP contribution in [0.15, 0.2) is 71.2 Å². The number of hydrogen-bond acceptors (Lipinski definition) is 11. The molecule has 5 rings (SSSR count). The van der Waals surface area contributed by atoms with E-state index in [1.807, 2.05) is 0 Å². The van der Waals surface area contributed by atoms with Gasteiger partial charge in [-0.3, -0.25) is 19.3 Å². The van der Waals surface area contributed by atoms with E-state index in [9.17, 15) is 24.3 Å². The number of hydrogen-bond donors (Lipinski definition) is 3. The molecule has 41 heavy (non-hydrogen) atoms. The Morgan fingerprint density at radius 1 is 1.20 bits per heavy atom. The molecule has 2 aliphatic rings. The number of thioether (sulfide) groups is 2. The van der Waals surface area contributed by atoms with Crippen molar-refractivity contribution in [2.24, 2.45) is 7.05 Å². The highest BCUT2D eigenvalue weighted by Crippen LogP contribution is 2.41. The number of ether oxygens (including phenoxy) is 1. The normalized spacial score (nSPS) is 18.7. The van der Waals surface area contributed by atoms with Crippen LogP contribution in [0.2, 0.25) is 0 Å². The first-order chi connectivity index (χ1) is 19.8. The summed E-state index contributed by atoms with van der Waals surface area (Å²) in [4.78, 5) is 56.6. The Labute approximate surface area is 241 Å². The van der Waals surface area contributed by atoms with E-state index in [0.717, 1.165) is 0 Å². The molecule has 2 unspecified atom stereocenters. The van der Waals surface area contributed by atoms with Gasteiger partial charge in [0.25, 0.3) is 11.8 Å². The number of nitrogens with zero attached hydrogens (tertiary/aromatic N) is 6. The standard InChI is InChI=1S/C25H24N8O6S2/c1-32-25(29-30-31-32)41-13-15-12-40-23-19(22(36)33(23)20(15)24(37)38)28-21(35)18(14-7-3-2-4-8-14)27-16(34)11-39-17-9-5-6-10-26-17/h2-10,18-19,23H,11-13H2,1H3,(H,27,34)(H,28,35)(H,37,38)/t18?,19?,23-/m0/s1. The number of nitrogens with one attached hydrogen (secondary N) is 2. The zero-order chi connectivity index (χ0) is 28.9. The summed E-state index contributed by atoms with van der Waals surface area (Å²) >= 11 is 2.61. The lowest BCUT2D eigenvalue weighted by Crippen LogP contribution is -2.71. The molecule has 0 radical (unpaired) electrons. The number of benzene rings is 1. The lowest BCUT2D eigenvalue weighted by molar-refractivity contribution is -0.151. The van der Waals surface area contributed by atoms with E-state index < -0.39 is 41.1 Å². The number of carbonyl (C=O) groups excluding carboxylic acids is 3. The number of carboxylic acid groups (broad SMARTS) is 1. The summed E-state index contributed by atoms with van der Waals surface area (Å²) in [5.74, 6) is -2.09. The van der Waals surface area contributed by atoms with Gasteiger partial charge in [0.05, 0.1) is 0 Å². The van der Waals surface area contributed by atoms with Gasteiger partial charge in [-0.05, 0) is 27.6 Å². The maximum atomic E-state index is 13.4. The average Bonchev–Trinajstić information content (AvgIpc) is 3.40. The fraction of sp³-hybridized carbons (Fsp3) is 0.280. The van der Waals surface area contributed by atoms with Crippen LogP contribution >= 0.6 is 23.5 Å². The molecular weight excluding hydrogens is 572 g/mol. The van der Waals surface area contributed by atoms with Crippen molar-refractivity contribution in [3.8, 4) is 5.88 Å². The number of amides is 3. The van der Waals surface area contributed by atoms with Crippen molar-refractivity contribution in [2.75, 3.05) is 18.1 Å². The van der Waals surface area contributed by atoms with Crippen LogP contribution in [-0.2, 0) is 26.2 Å². The Morgan fingerprint density at radius 3 is 2.66 bits per heavy atom. The number of carboxylic acids is 1. The van der Waals surface area contributed by atoms with E-state index in [4.69, 9.17) is 4.74 Å². The molecule has 3 atom stereocenters. The first-order valence-electron chi connectivity index (χ1n) is 12.3. The molecule has 0 saturated carbocycles. The molecule has 2 aliphatic heterocycles. The van der Waals surface area contributed by atoms with E-state index in [1.165, 1.54) is 39.3 Å². The first-order valence-corrected chi connectivity index (χ1v) is 14.3. The third-order valence-corrected chi connectivity index (χ3v) is 8.63. The lowest BCUT2D eigenvalue weighted by atomic mass is 10.0. The average molecular weight is 597 g/mol. The third-order valence-electron chi connectivity index (χ3n) is 6.19. The maximum absolute atomic E-state index is 13.4. The summed E-state index contributed by atoms with van der Waals surface area (Å²) in [5, 5.41) is 26.4. The highest BCUT2D eigenvalue weighted by atomic mass is 32.2. The molecule has 14 nitrogen and oxygen atoms in total. The molecule has 3 aromatic rings. The number of aliphatic carboxylic acids is 1. The van der Waals surface area contributed by atoms with Crippen LogP contribution < -0.4 is 15.4 Å².